The van der Waals surface area contributed by atoms with E-state index >= 15 is 0 Å². The molecule has 1 aliphatic heterocycles. The number of rotatable bonds is 6. The van der Waals surface area contributed by atoms with Crippen molar-refractivity contribution < 1.29 is 9.84 Å². The van der Waals surface area contributed by atoms with E-state index in [9.17, 15) is 5.11 Å². The number of hydrogen-bond donors (Lipinski definition) is 1. The second-order valence-corrected chi connectivity index (χ2v) is 5.11. The molecule has 3 nitrogen and oxygen atoms in total. The van der Waals surface area contributed by atoms with Crippen LogP contribution < -0.4 is 0 Å². The largest absolute Gasteiger partial charge is 0.388 e. The fourth-order valence-electron chi connectivity index (χ4n) is 2.41. The molecule has 1 fully saturated rings. The predicted octanol–water partition coefficient (Wildman–Crippen LogP) is 2.22. The first-order valence-corrected chi connectivity index (χ1v) is 6.79. The number of aliphatic hydroxyl groups is 1. The number of nitrogens with zero attached hydrogens (tertiary/aromatic N) is 1. The molecule has 2 atom stereocenters. The van der Waals surface area contributed by atoms with E-state index < -0.39 is 0 Å². The molecule has 1 aliphatic rings. The van der Waals surface area contributed by atoms with Crippen molar-refractivity contribution in [3.8, 4) is 0 Å². The predicted molar refractivity (Wildman–Crippen MR) is 72.5 cm³/mol. The van der Waals surface area contributed by atoms with Gasteiger partial charge in [0, 0.05) is 19.7 Å². The molecule has 1 unspecified atom stereocenters. The van der Waals surface area contributed by atoms with Crippen molar-refractivity contribution in [3.05, 3.63) is 35.9 Å². The number of ether oxygens (including phenoxy) is 1. The van der Waals surface area contributed by atoms with Crippen molar-refractivity contribution in [2.45, 2.75) is 31.5 Å². The first-order valence-electron chi connectivity index (χ1n) is 6.79. The average Bonchev–Trinajstić information content (AvgIpc) is 2.90. The Morgan fingerprint density at radius 1 is 1.39 bits per heavy atom. The number of hydrogen-bond acceptors (Lipinski definition) is 3. The topological polar surface area (TPSA) is 32.7 Å². The van der Waals surface area contributed by atoms with E-state index in [1.807, 2.05) is 30.3 Å². The maximum atomic E-state index is 10.1. The van der Waals surface area contributed by atoms with Gasteiger partial charge in [-0.25, -0.2) is 0 Å². The number of benzene rings is 1. The molecule has 1 aromatic carbocycles. The van der Waals surface area contributed by atoms with Crippen LogP contribution in [-0.2, 0) is 4.74 Å². The lowest BCUT2D eigenvalue weighted by atomic mass is 10.1. The molecule has 2 rings (SSSR count). The van der Waals surface area contributed by atoms with Gasteiger partial charge >= 0.3 is 0 Å². The van der Waals surface area contributed by atoms with Gasteiger partial charge < -0.3 is 14.7 Å². The number of likely N-dealkylation sites (N-methyl/N-ethyl adjacent to an activating group) is 1. The Bertz CT molecular complexity index is 336. The standard InChI is InChI=1S/C15H23NO2/c1-16(12-14-8-5-11-18-14)10-9-15(17)13-6-3-2-4-7-13/h2-4,6-7,14-15,17H,5,8-12H2,1H3/t14?,15-/m1/s1. The molecule has 0 radical (unpaired) electrons. The molecule has 0 bridgehead atoms. The van der Waals surface area contributed by atoms with Crippen molar-refractivity contribution in [3.63, 3.8) is 0 Å². The Hall–Kier alpha value is -0.900. The monoisotopic (exact) mass is 249 g/mol. The van der Waals surface area contributed by atoms with E-state index in [4.69, 9.17) is 4.74 Å². The molecule has 3 heteroatoms. The van der Waals surface area contributed by atoms with Gasteiger partial charge in [-0.1, -0.05) is 30.3 Å². The van der Waals surface area contributed by atoms with E-state index in [2.05, 4.69) is 11.9 Å². The maximum absolute atomic E-state index is 10.1. The Morgan fingerprint density at radius 3 is 2.83 bits per heavy atom. The van der Waals surface area contributed by atoms with Crippen molar-refractivity contribution in [2.75, 3.05) is 26.7 Å². The second-order valence-electron chi connectivity index (χ2n) is 5.11. The zero-order valence-corrected chi connectivity index (χ0v) is 11.1. The van der Waals surface area contributed by atoms with Crippen LogP contribution in [0, 0.1) is 0 Å². The van der Waals surface area contributed by atoms with Crippen molar-refractivity contribution in [1.29, 1.82) is 0 Å². The van der Waals surface area contributed by atoms with Crippen LogP contribution >= 0.6 is 0 Å². The van der Waals surface area contributed by atoms with Crippen LogP contribution in [0.4, 0.5) is 0 Å². The van der Waals surface area contributed by atoms with Gasteiger partial charge in [0.2, 0.25) is 0 Å². The summed E-state index contributed by atoms with van der Waals surface area (Å²) in [4.78, 5) is 2.25. The summed E-state index contributed by atoms with van der Waals surface area (Å²) in [6.45, 7) is 2.78. The summed E-state index contributed by atoms with van der Waals surface area (Å²) in [5, 5.41) is 10.1. The van der Waals surface area contributed by atoms with Crippen LogP contribution in [0.2, 0.25) is 0 Å². The van der Waals surface area contributed by atoms with Gasteiger partial charge in [-0.3, -0.25) is 0 Å². The van der Waals surface area contributed by atoms with Crippen molar-refractivity contribution in [2.24, 2.45) is 0 Å². The van der Waals surface area contributed by atoms with Gasteiger partial charge in [0.15, 0.2) is 0 Å². The van der Waals surface area contributed by atoms with Crippen LogP contribution in [0.3, 0.4) is 0 Å². The molecule has 1 heterocycles. The molecule has 0 amide bonds. The minimum absolute atomic E-state index is 0.363. The van der Waals surface area contributed by atoms with Gasteiger partial charge in [-0.2, -0.15) is 0 Å². The van der Waals surface area contributed by atoms with Crippen LogP contribution in [-0.4, -0.2) is 42.9 Å². The van der Waals surface area contributed by atoms with Crippen LogP contribution in [0.1, 0.15) is 30.9 Å². The zero-order valence-electron chi connectivity index (χ0n) is 11.1. The Labute approximate surface area is 109 Å². The third-order valence-corrected chi connectivity index (χ3v) is 3.51. The molecule has 1 aromatic rings. The Morgan fingerprint density at radius 2 is 2.17 bits per heavy atom. The lowest BCUT2D eigenvalue weighted by molar-refractivity contribution is 0.0740. The van der Waals surface area contributed by atoms with Gasteiger partial charge in [0.25, 0.3) is 0 Å². The summed E-state index contributed by atoms with van der Waals surface area (Å²) in [5.74, 6) is 0. The smallest absolute Gasteiger partial charge is 0.0802 e. The highest BCUT2D eigenvalue weighted by Gasteiger charge is 2.17. The lowest BCUT2D eigenvalue weighted by Gasteiger charge is -2.21. The minimum atomic E-state index is -0.363. The molecule has 0 aromatic heterocycles. The summed E-state index contributed by atoms with van der Waals surface area (Å²) in [6.07, 6.45) is 3.16. The molecule has 0 saturated carbocycles. The Kier molecular flexibility index (Phi) is 5.17. The maximum Gasteiger partial charge on any atom is 0.0802 e. The van der Waals surface area contributed by atoms with Gasteiger partial charge in [0.1, 0.15) is 0 Å². The first kappa shape index (κ1) is 13.5. The molecule has 0 spiro atoms. The molecule has 1 N–H and O–H groups in total. The van der Waals surface area contributed by atoms with Crippen molar-refractivity contribution in [1.82, 2.24) is 4.90 Å². The normalized spacial score (nSPS) is 21.4. The van der Waals surface area contributed by atoms with E-state index in [0.29, 0.717) is 6.10 Å². The molecule has 1 saturated heterocycles. The van der Waals surface area contributed by atoms with Gasteiger partial charge in [-0.05, 0) is 31.9 Å². The highest BCUT2D eigenvalue weighted by molar-refractivity contribution is 5.17. The van der Waals surface area contributed by atoms with E-state index in [-0.39, 0.29) is 6.10 Å². The second kappa shape index (κ2) is 6.88. The van der Waals surface area contributed by atoms with Gasteiger partial charge in [-0.15, -0.1) is 0 Å². The summed E-state index contributed by atoms with van der Waals surface area (Å²) >= 11 is 0. The quantitative estimate of drug-likeness (QED) is 0.839. The highest BCUT2D eigenvalue weighted by Crippen LogP contribution is 2.17. The van der Waals surface area contributed by atoms with E-state index in [0.717, 1.165) is 31.7 Å². The average molecular weight is 249 g/mol. The molecular formula is C15H23NO2. The van der Waals surface area contributed by atoms with Gasteiger partial charge in [0.05, 0.1) is 12.2 Å². The fourth-order valence-corrected chi connectivity index (χ4v) is 2.41. The van der Waals surface area contributed by atoms with E-state index in [1.165, 1.54) is 12.8 Å². The minimum Gasteiger partial charge on any atom is -0.388 e. The van der Waals surface area contributed by atoms with Crippen molar-refractivity contribution >= 4 is 0 Å². The van der Waals surface area contributed by atoms with E-state index in [1.54, 1.807) is 0 Å². The zero-order chi connectivity index (χ0) is 12.8. The lowest BCUT2D eigenvalue weighted by Crippen LogP contribution is -2.30. The molecule has 100 valence electrons. The molecule has 18 heavy (non-hydrogen) atoms. The number of aliphatic hydroxyl groups excluding tert-OH is 1. The first-order chi connectivity index (χ1) is 8.75. The highest BCUT2D eigenvalue weighted by atomic mass is 16.5. The summed E-state index contributed by atoms with van der Waals surface area (Å²) in [7, 11) is 2.10. The summed E-state index contributed by atoms with van der Waals surface area (Å²) in [6, 6.07) is 9.86. The van der Waals surface area contributed by atoms with Crippen LogP contribution in [0.25, 0.3) is 0 Å². The SMILES string of the molecule is CN(CC[C@@H](O)c1ccccc1)CC1CCCO1. The third-order valence-electron chi connectivity index (χ3n) is 3.51. The summed E-state index contributed by atoms with van der Waals surface area (Å²) in [5.41, 5.74) is 1.00. The fraction of sp³-hybridized carbons (Fsp3) is 0.600. The third kappa shape index (κ3) is 4.09. The molecule has 0 aliphatic carbocycles. The van der Waals surface area contributed by atoms with Crippen LogP contribution in [0.5, 0.6) is 0 Å². The summed E-state index contributed by atoms with van der Waals surface area (Å²) < 4.78 is 5.61. The molecular weight excluding hydrogens is 226 g/mol. The Balaban J connectivity index is 1.70. The van der Waals surface area contributed by atoms with Crippen LogP contribution in [0.15, 0.2) is 30.3 Å².